The second-order valence-electron chi connectivity index (χ2n) is 9.42. The summed E-state index contributed by atoms with van der Waals surface area (Å²) in [7, 11) is 0. The Balaban J connectivity index is 1.36. The van der Waals surface area contributed by atoms with Crippen LogP contribution in [-0.4, -0.2) is 47.4 Å². The number of piperidine rings is 1. The predicted molar refractivity (Wildman–Crippen MR) is 141 cm³/mol. The van der Waals surface area contributed by atoms with Crippen molar-refractivity contribution in [3.8, 4) is 0 Å². The maximum atomic E-state index is 13.7. The summed E-state index contributed by atoms with van der Waals surface area (Å²) in [5.41, 5.74) is -0.0726. The third-order valence-corrected chi connectivity index (χ3v) is 7.50. The van der Waals surface area contributed by atoms with E-state index in [1.807, 2.05) is 35.2 Å². The SMILES string of the molecule is O=C(Nc1ccc(Cl)cc1)N1C(Cc2ccccc2)COC12CCN(c1ncc(C(F)(F)F)cc1Cl)CC2. The van der Waals surface area contributed by atoms with Gasteiger partial charge in [-0.2, -0.15) is 13.2 Å². The number of halogens is 5. The van der Waals surface area contributed by atoms with Gasteiger partial charge in [0, 0.05) is 42.8 Å². The lowest BCUT2D eigenvalue weighted by Crippen LogP contribution is -2.58. The summed E-state index contributed by atoms with van der Waals surface area (Å²) in [5, 5.41) is 3.46. The normalized spacial score (nSPS) is 19.1. The maximum absolute atomic E-state index is 13.7. The minimum atomic E-state index is -4.52. The van der Waals surface area contributed by atoms with Gasteiger partial charge in [-0.1, -0.05) is 53.5 Å². The number of hydrogen-bond acceptors (Lipinski definition) is 4. The Labute approximate surface area is 228 Å². The molecule has 0 radical (unpaired) electrons. The molecule has 1 spiro atoms. The van der Waals surface area contributed by atoms with E-state index in [4.69, 9.17) is 27.9 Å². The molecule has 200 valence electrons. The minimum absolute atomic E-state index is 0.0672. The van der Waals surface area contributed by atoms with Crippen LogP contribution in [0.3, 0.4) is 0 Å². The second kappa shape index (κ2) is 10.6. The van der Waals surface area contributed by atoms with Gasteiger partial charge in [0.2, 0.25) is 0 Å². The molecule has 11 heteroatoms. The molecule has 1 unspecified atom stereocenters. The lowest BCUT2D eigenvalue weighted by molar-refractivity contribution is -0.137. The fourth-order valence-electron chi connectivity index (χ4n) is 5.10. The van der Waals surface area contributed by atoms with Crippen molar-refractivity contribution in [3.05, 3.63) is 88.0 Å². The number of amides is 2. The van der Waals surface area contributed by atoms with Gasteiger partial charge in [-0.05, 0) is 42.3 Å². The number of benzene rings is 2. The average molecular weight is 565 g/mol. The van der Waals surface area contributed by atoms with E-state index in [1.54, 1.807) is 29.2 Å². The number of carbonyl (C=O) groups is 1. The van der Waals surface area contributed by atoms with Crippen LogP contribution in [0.2, 0.25) is 10.0 Å². The number of aromatic nitrogens is 1. The Kier molecular flexibility index (Phi) is 7.44. The highest BCUT2D eigenvalue weighted by Gasteiger charge is 2.52. The van der Waals surface area contributed by atoms with Crippen LogP contribution in [0, 0.1) is 0 Å². The van der Waals surface area contributed by atoms with E-state index >= 15 is 0 Å². The van der Waals surface area contributed by atoms with Gasteiger partial charge in [-0.3, -0.25) is 4.90 Å². The van der Waals surface area contributed by atoms with Crippen LogP contribution in [0.5, 0.6) is 0 Å². The number of rotatable bonds is 4. The first-order chi connectivity index (χ1) is 18.1. The third kappa shape index (κ3) is 5.55. The standard InChI is InChI=1S/C27H25Cl2F3N4O2/c28-20-6-8-21(9-7-20)34-25(37)36-22(14-18-4-2-1-3-5-18)17-38-26(36)10-12-35(13-11-26)24-23(29)15-19(16-33-24)27(30,31)32/h1-9,15-16,22H,10-14,17H2,(H,34,37). The van der Waals surface area contributed by atoms with E-state index < -0.39 is 17.5 Å². The molecular weight excluding hydrogens is 540 g/mol. The Hall–Kier alpha value is -3.01. The number of nitrogens with zero attached hydrogens (tertiary/aromatic N) is 3. The molecule has 3 aromatic rings. The topological polar surface area (TPSA) is 57.7 Å². The lowest BCUT2D eigenvalue weighted by atomic mass is 9.96. The Bertz CT molecular complexity index is 1280. The zero-order valence-corrected chi connectivity index (χ0v) is 21.7. The molecule has 2 aliphatic heterocycles. The van der Waals surface area contributed by atoms with E-state index in [2.05, 4.69) is 10.3 Å². The van der Waals surface area contributed by atoms with Crippen molar-refractivity contribution in [2.45, 2.75) is 37.2 Å². The molecule has 38 heavy (non-hydrogen) atoms. The molecule has 5 rings (SSSR count). The monoisotopic (exact) mass is 564 g/mol. The van der Waals surface area contributed by atoms with Gasteiger partial charge < -0.3 is 15.0 Å². The fraction of sp³-hybridized carbons (Fsp3) is 0.333. The highest BCUT2D eigenvalue weighted by atomic mass is 35.5. The van der Waals surface area contributed by atoms with Gasteiger partial charge in [0.25, 0.3) is 0 Å². The van der Waals surface area contributed by atoms with Crippen molar-refractivity contribution >= 4 is 40.7 Å². The first-order valence-electron chi connectivity index (χ1n) is 12.2. The van der Waals surface area contributed by atoms with Crippen LogP contribution in [0.1, 0.15) is 24.0 Å². The molecule has 0 saturated carbocycles. The number of carbonyl (C=O) groups excluding carboxylic acids is 1. The Morgan fingerprint density at radius 1 is 1.08 bits per heavy atom. The highest BCUT2D eigenvalue weighted by Crippen LogP contribution is 2.41. The Morgan fingerprint density at radius 3 is 2.39 bits per heavy atom. The molecule has 1 atom stereocenters. The zero-order valence-electron chi connectivity index (χ0n) is 20.2. The maximum Gasteiger partial charge on any atom is 0.417 e. The molecule has 6 nitrogen and oxygen atoms in total. The number of ether oxygens (including phenoxy) is 1. The first-order valence-corrected chi connectivity index (χ1v) is 12.9. The molecule has 2 aliphatic rings. The summed E-state index contributed by atoms with van der Waals surface area (Å²) in [6.07, 6.45) is -2.24. The third-order valence-electron chi connectivity index (χ3n) is 6.97. The van der Waals surface area contributed by atoms with E-state index in [-0.39, 0.29) is 22.9 Å². The van der Waals surface area contributed by atoms with Crippen LogP contribution in [-0.2, 0) is 17.3 Å². The number of pyridine rings is 1. The smallest absolute Gasteiger partial charge is 0.355 e. The van der Waals surface area contributed by atoms with Crippen molar-refractivity contribution < 1.29 is 22.7 Å². The largest absolute Gasteiger partial charge is 0.417 e. The molecule has 2 fully saturated rings. The van der Waals surface area contributed by atoms with Crippen molar-refractivity contribution in [2.24, 2.45) is 0 Å². The second-order valence-corrected chi connectivity index (χ2v) is 10.3. The van der Waals surface area contributed by atoms with Crippen molar-refractivity contribution in [2.75, 3.05) is 29.9 Å². The van der Waals surface area contributed by atoms with Gasteiger partial charge in [0.1, 0.15) is 11.5 Å². The predicted octanol–water partition coefficient (Wildman–Crippen LogP) is 6.88. The van der Waals surface area contributed by atoms with E-state index in [1.165, 1.54) is 0 Å². The van der Waals surface area contributed by atoms with Gasteiger partial charge >= 0.3 is 12.2 Å². The molecule has 2 saturated heterocycles. The number of nitrogens with one attached hydrogen (secondary N) is 1. The van der Waals surface area contributed by atoms with Crippen LogP contribution >= 0.6 is 23.2 Å². The molecule has 3 heterocycles. The van der Waals surface area contributed by atoms with Crippen molar-refractivity contribution in [1.82, 2.24) is 9.88 Å². The summed E-state index contributed by atoms with van der Waals surface area (Å²) < 4.78 is 45.5. The van der Waals surface area contributed by atoms with E-state index in [0.29, 0.717) is 49.7 Å². The van der Waals surface area contributed by atoms with Crippen LogP contribution < -0.4 is 10.2 Å². The molecule has 1 aromatic heterocycles. The van der Waals surface area contributed by atoms with Gasteiger partial charge in [0.15, 0.2) is 0 Å². The number of alkyl halides is 3. The molecular formula is C27H25Cl2F3N4O2. The van der Waals surface area contributed by atoms with Crippen LogP contribution in [0.15, 0.2) is 66.9 Å². The molecule has 1 N–H and O–H groups in total. The van der Waals surface area contributed by atoms with Gasteiger partial charge in [-0.25, -0.2) is 9.78 Å². The van der Waals surface area contributed by atoms with Crippen LogP contribution in [0.25, 0.3) is 0 Å². The summed E-state index contributed by atoms with van der Waals surface area (Å²) in [5.74, 6) is 0.283. The fourth-order valence-corrected chi connectivity index (χ4v) is 5.52. The lowest BCUT2D eigenvalue weighted by Gasteiger charge is -2.45. The molecule has 0 aliphatic carbocycles. The highest BCUT2D eigenvalue weighted by molar-refractivity contribution is 6.33. The molecule has 2 aromatic carbocycles. The molecule has 2 amide bonds. The number of urea groups is 1. The van der Waals surface area contributed by atoms with Crippen molar-refractivity contribution in [1.29, 1.82) is 0 Å². The number of hydrogen-bond donors (Lipinski definition) is 1. The van der Waals surface area contributed by atoms with Crippen LogP contribution in [0.4, 0.5) is 29.5 Å². The number of anilines is 2. The van der Waals surface area contributed by atoms with E-state index in [0.717, 1.165) is 17.8 Å². The molecule has 0 bridgehead atoms. The quantitative estimate of drug-likeness (QED) is 0.375. The summed E-state index contributed by atoms with van der Waals surface area (Å²) in [6, 6.07) is 17.2. The minimum Gasteiger partial charge on any atom is -0.355 e. The van der Waals surface area contributed by atoms with Gasteiger partial charge in [0.05, 0.1) is 23.2 Å². The van der Waals surface area contributed by atoms with Crippen molar-refractivity contribution in [3.63, 3.8) is 0 Å². The summed E-state index contributed by atoms with van der Waals surface area (Å²) in [4.78, 5) is 21.3. The van der Waals surface area contributed by atoms with E-state index in [9.17, 15) is 18.0 Å². The van der Waals surface area contributed by atoms with Gasteiger partial charge in [-0.15, -0.1) is 0 Å². The first kappa shape index (κ1) is 26.6. The average Bonchev–Trinajstić information content (AvgIpc) is 3.23. The summed E-state index contributed by atoms with van der Waals surface area (Å²) >= 11 is 12.2. The zero-order chi connectivity index (χ0) is 26.9. The Morgan fingerprint density at radius 2 is 1.76 bits per heavy atom. The summed E-state index contributed by atoms with van der Waals surface area (Å²) in [6.45, 7) is 1.17.